The summed E-state index contributed by atoms with van der Waals surface area (Å²) in [6, 6.07) is 2.23. The molecule has 3 aliphatic rings. The van der Waals surface area contributed by atoms with Gasteiger partial charge in [-0.2, -0.15) is 0 Å². The van der Waals surface area contributed by atoms with Crippen LogP contribution in [0.3, 0.4) is 0 Å². The van der Waals surface area contributed by atoms with E-state index in [0.29, 0.717) is 31.4 Å². The van der Waals surface area contributed by atoms with Crippen LogP contribution in [0.5, 0.6) is 11.5 Å². The molecule has 1 aromatic carbocycles. The molecule has 1 aromatic rings. The Morgan fingerprint density at radius 1 is 1.20 bits per heavy atom. The molecule has 0 spiro atoms. The smallest absolute Gasteiger partial charge is 0.447 e. The Labute approximate surface area is 236 Å². The van der Waals surface area contributed by atoms with Crippen molar-refractivity contribution >= 4 is 23.8 Å². The first-order chi connectivity index (χ1) is 19.4. The molecule has 0 bridgehead atoms. The van der Waals surface area contributed by atoms with E-state index in [9.17, 15) is 33.1 Å². The summed E-state index contributed by atoms with van der Waals surface area (Å²) in [6.45, 7) is 3.94. The summed E-state index contributed by atoms with van der Waals surface area (Å²) >= 11 is 0. The van der Waals surface area contributed by atoms with E-state index < -0.39 is 36.4 Å². The molecule has 2 fully saturated rings. The number of alkyl halides is 2. The van der Waals surface area contributed by atoms with Gasteiger partial charge in [0.1, 0.15) is 12.6 Å². The Kier molecular flexibility index (Phi) is 9.51. The minimum Gasteiger partial charge on any atom is -0.447 e. The SMILES string of the molecule is CC(C)C[C@H](NC(=O)OC[C@@H]1CCC(=O)N1Cc1ccc2c(c1)OC(F)(F)O2)C(=O)N[C@H](CO)C[C@@H]1CCNC1=O. The van der Waals surface area contributed by atoms with E-state index in [-0.39, 0.29) is 67.7 Å². The third-order valence-corrected chi connectivity index (χ3v) is 7.29. The highest BCUT2D eigenvalue weighted by molar-refractivity contribution is 5.86. The Morgan fingerprint density at radius 2 is 1.95 bits per heavy atom. The van der Waals surface area contributed by atoms with Crippen molar-refractivity contribution in [1.82, 2.24) is 20.9 Å². The molecule has 0 saturated carbocycles. The summed E-state index contributed by atoms with van der Waals surface area (Å²) < 4.78 is 41.0. The number of likely N-dealkylation sites (tertiary alicyclic amines) is 1. The van der Waals surface area contributed by atoms with Crippen LogP contribution in [-0.2, 0) is 25.7 Å². The van der Waals surface area contributed by atoms with Gasteiger partial charge >= 0.3 is 12.4 Å². The maximum absolute atomic E-state index is 13.3. The van der Waals surface area contributed by atoms with Crippen molar-refractivity contribution in [2.45, 2.75) is 76.9 Å². The zero-order valence-electron chi connectivity index (χ0n) is 23.0. The fourth-order valence-electron chi connectivity index (χ4n) is 5.23. The van der Waals surface area contributed by atoms with Gasteiger partial charge in [-0.1, -0.05) is 19.9 Å². The first-order valence-corrected chi connectivity index (χ1v) is 13.7. The summed E-state index contributed by atoms with van der Waals surface area (Å²) in [5.74, 6) is -1.27. The number of fused-ring (bicyclic) bond motifs is 1. The molecule has 0 radical (unpaired) electrons. The van der Waals surface area contributed by atoms with Crippen LogP contribution in [0.2, 0.25) is 0 Å². The molecule has 2 saturated heterocycles. The van der Waals surface area contributed by atoms with E-state index in [1.54, 1.807) is 6.07 Å². The molecule has 12 nitrogen and oxygen atoms in total. The topological polar surface area (TPSA) is 156 Å². The Hall–Kier alpha value is -3.68. The van der Waals surface area contributed by atoms with Crippen molar-refractivity contribution in [3.63, 3.8) is 0 Å². The summed E-state index contributed by atoms with van der Waals surface area (Å²) in [7, 11) is 0. The van der Waals surface area contributed by atoms with Gasteiger partial charge in [-0.3, -0.25) is 14.4 Å². The van der Waals surface area contributed by atoms with Gasteiger partial charge < -0.3 is 40.2 Å². The Bertz CT molecular complexity index is 1150. The lowest BCUT2D eigenvalue weighted by Crippen LogP contribution is -2.52. The number of aliphatic hydroxyl groups is 1. The maximum atomic E-state index is 13.3. The van der Waals surface area contributed by atoms with Crippen molar-refractivity contribution < 1.29 is 47.3 Å². The number of aliphatic hydroxyl groups excluding tert-OH is 1. The van der Waals surface area contributed by atoms with Crippen LogP contribution < -0.4 is 25.4 Å². The number of benzene rings is 1. The quantitative estimate of drug-likeness (QED) is 0.290. The number of nitrogens with zero attached hydrogens (tertiary/aromatic N) is 1. The largest absolute Gasteiger partial charge is 0.586 e. The van der Waals surface area contributed by atoms with Gasteiger partial charge in [-0.05, 0) is 49.3 Å². The number of ether oxygens (including phenoxy) is 3. The molecule has 226 valence electrons. The van der Waals surface area contributed by atoms with Crippen LogP contribution in [0.4, 0.5) is 13.6 Å². The van der Waals surface area contributed by atoms with Crippen LogP contribution in [0.1, 0.15) is 51.5 Å². The van der Waals surface area contributed by atoms with Crippen LogP contribution in [-0.4, -0.2) is 78.0 Å². The maximum Gasteiger partial charge on any atom is 0.586 e. The monoisotopic (exact) mass is 582 g/mol. The Balaban J connectivity index is 1.30. The molecule has 3 aliphatic heterocycles. The summed E-state index contributed by atoms with van der Waals surface area (Å²) in [6.07, 6.45) is -2.72. The zero-order chi connectivity index (χ0) is 29.7. The van der Waals surface area contributed by atoms with E-state index >= 15 is 0 Å². The minimum atomic E-state index is -3.75. The van der Waals surface area contributed by atoms with Crippen LogP contribution in [0.25, 0.3) is 0 Å². The third kappa shape index (κ3) is 7.96. The number of rotatable bonds is 12. The molecule has 4 N–H and O–H groups in total. The van der Waals surface area contributed by atoms with Crippen molar-refractivity contribution in [1.29, 1.82) is 0 Å². The number of carbonyl (C=O) groups excluding carboxylic acids is 4. The zero-order valence-corrected chi connectivity index (χ0v) is 23.0. The van der Waals surface area contributed by atoms with Crippen molar-refractivity contribution in [3.05, 3.63) is 23.8 Å². The van der Waals surface area contributed by atoms with E-state index in [1.165, 1.54) is 17.0 Å². The molecule has 14 heteroatoms. The van der Waals surface area contributed by atoms with Crippen LogP contribution in [0.15, 0.2) is 18.2 Å². The molecular weight excluding hydrogens is 546 g/mol. The average molecular weight is 583 g/mol. The number of carbonyl (C=O) groups is 4. The highest BCUT2D eigenvalue weighted by Crippen LogP contribution is 2.41. The fourth-order valence-corrected chi connectivity index (χ4v) is 5.23. The van der Waals surface area contributed by atoms with Gasteiger partial charge in [0, 0.05) is 25.4 Å². The molecule has 4 atom stereocenters. The number of alkyl carbamates (subject to hydrolysis) is 1. The normalized spacial score (nSPS) is 22.4. The number of nitrogens with one attached hydrogen (secondary N) is 3. The number of hydrogen-bond donors (Lipinski definition) is 4. The summed E-state index contributed by atoms with van der Waals surface area (Å²) in [4.78, 5) is 51.6. The van der Waals surface area contributed by atoms with Crippen molar-refractivity contribution in [3.8, 4) is 11.5 Å². The molecule has 4 amide bonds. The van der Waals surface area contributed by atoms with Crippen molar-refractivity contribution in [2.24, 2.45) is 11.8 Å². The van der Waals surface area contributed by atoms with E-state index in [4.69, 9.17) is 4.74 Å². The molecular formula is C27H36F2N4O8. The van der Waals surface area contributed by atoms with Crippen molar-refractivity contribution in [2.75, 3.05) is 19.8 Å². The summed E-state index contributed by atoms with van der Waals surface area (Å²) in [5, 5.41) is 17.8. The number of halogens is 2. The van der Waals surface area contributed by atoms with Gasteiger partial charge in [-0.15, -0.1) is 8.78 Å². The van der Waals surface area contributed by atoms with Gasteiger partial charge in [0.25, 0.3) is 0 Å². The third-order valence-electron chi connectivity index (χ3n) is 7.29. The average Bonchev–Trinajstić information content (AvgIpc) is 3.56. The Morgan fingerprint density at radius 3 is 2.63 bits per heavy atom. The second kappa shape index (κ2) is 12.9. The minimum absolute atomic E-state index is 0.0452. The van der Waals surface area contributed by atoms with Crippen LogP contribution >= 0.6 is 0 Å². The molecule has 0 aromatic heterocycles. The number of amides is 4. The number of hydrogen-bond acceptors (Lipinski definition) is 8. The highest BCUT2D eigenvalue weighted by Gasteiger charge is 2.43. The highest BCUT2D eigenvalue weighted by atomic mass is 19.3. The standard InChI is InChI=1S/C27H36F2N4O8/c1-15(2)9-20(25(37)31-18(13-34)11-17-7-8-30-24(17)36)32-26(38)39-14-19-4-6-23(35)33(19)12-16-3-5-21-22(10-16)41-27(28,29)40-21/h3,5,10,15,17-20,34H,4,6-9,11-14H2,1-2H3,(H,30,36)(H,31,37)(H,32,38)/t17-,18-,19-,20-/m0/s1. The molecule has 0 aliphatic carbocycles. The fraction of sp³-hybridized carbons (Fsp3) is 0.630. The second-order valence-electron chi connectivity index (χ2n) is 11.0. The first kappa shape index (κ1) is 30.3. The van der Waals surface area contributed by atoms with E-state index in [1.807, 2.05) is 13.8 Å². The predicted octanol–water partition coefficient (Wildman–Crippen LogP) is 1.64. The lowest BCUT2D eigenvalue weighted by atomic mass is 9.97. The van der Waals surface area contributed by atoms with Gasteiger partial charge in [0.05, 0.1) is 18.7 Å². The molecule has 4 rings (SSSR count). The lowest BCUT2D eigenvalue weighted by Gasteiger charge is -2.26. The second-order valence-corrected chi connectivity index (χ2v) is 11.0. The van der Waals surface area contributed by atoms with Gasteiger partial charge in [0.2, 0.25) is 17.7 Å². The molecule has 0 unspecified atom stereocenters. The van der Waals surface area contributed by atoms with E-state index in [2.05, 4.69) is 25.4 Å². The van der Waals surface area contributed by atoms with Gasteiger partial charge in [-0.25, -0.2) is 4.79 Å². The molecule has 41 heavy (non-hydrogen) atoms. The van der Waals surface area contributed by atoms with Crippen LogP contribution in [0, 0.1) is 11.8 Å². The predicted molar refractivity (Wildman–Crippen MR) is 139 cm³/mol. The van der Waals surface area contributed by atoms with E-state index in [0.717, 1.165) is 0 Å². The lowest BCUT2D eigenvalue weighted by molar-refractivity contribution is -0.286. The first-order valence-electron chi connectivity index (χ1n) is 13.7. The molecule has 3 heterocycles. The van der Waals surface area contributed by atoms with Gasteiger partial charge in [0.15, 0.2) is 11.5 Å². The summed E-state index contributed by atoms with van der Waals surface area (Å²) in [5.41, 5.74) is 0.539.